The molecule has 4 rings (SSSR count). The van der Waals surface area contributed by atoms with Gasteiger partial charge in [0.1, 0.15) is 0 Å². The van der Waals surface area contributed by atoms with Crippen molar-refractivity contribution in [3.8, 4) is 0 Å². The molecule has 1 aromatic heterocycles. The third kappa shape index (κ3) is 1.76. The largest absolute Gasteiger partial charge is 0.284 e. The van der Waals surface area contributed by atoms with Crippen molar-refractivity contribution >= 4 is 42.4 Å². The SMILES string of the molecule is O=C1C[C@@H]2CS(=O)(=O)C[C@H]2N1c1nc2ccccc2s1. The van der Waals surface area contributed by atoms with Crippen molar-refractivity contribution in [3.05, 3.63) is 24.3 Å². The summed E-state index contributed by atoms with van der Waals surface area (Å²) in [7, 11) is -3.02. The summed E-state index contributed by atoms with van der Waals surface area (Å²) in [5.41, 5.74) is 0.851. The van der Waals surface area contributed by atoms with Gasteiger partial charge in [-0.15, -0.1) is 0 Å². The van der Waals surface area contributed by atoms with Crippen molar-refractivity contribution < 1.29 is 13.2 Å². The number of para-hydroxylation sites is 1. The number of hydrogen-bond acceptors (Lipinski definition) is 5. The Morgan fingerprint density at radius 3 is 2.85 bits per heavy atom. The maximum atomic E-state index is 12.2. The summed E-state index contributed by atoms with van der Waals surface area (Å²) in [4.78, 5) is 18.3. The lowest BCUT2D eigenvalue weighted by atomic mass is 10.1. The number of nitrogens with zero attached hydrogens (tertiary/aromatic N) is 2. The maximum absolute atomic E-state index is 12.2. The molecule has 5 nitrogen and oxygen atoms in total. The number of aromatic nitrogens is 1. The molecule has 0 spiro atoms. The molecule has 2 fully saturated rings. The molecule has 2 atom stereocenters. The van der Waals surface area contributed by atoms with Gasteiger partial charge in [0.05, 0.1) is 27.8 Å². The number of rotatable bonds is 1. The Morgan fingerprint density at radius 1 is 1.25 bits per heavy atom. The predicted octanol–water partition coefficient (Wildman–Crippen LogP) is 1.45. The van der Waals surface area contributed by atoms with E-state index in [-0.39, 0.29) is 29.4 Å². The monoisotopic (exact) mass is 308 g/mol. The standard InChI is InChI=1S/C13H12N2O3S2/c16-12-5-8-6-20(17,18)7-10(8)15(12)13-14-9-3-1-2-4-11(9)19-13/h1-4,8,10H,5-7H2/t8-,10-/m1/s1. The van der Waals surface area contributed by atoms with Crippen LogP contribution in [0.5, 0.6) is 0 Å². The maximum Gasteiger partial charge on any atom is 0.229 e. The summed E-state index contributed by atoms with van der Waals surface area (Å²) in [6, 6.07) is 7.46. The topological polar surface area (TPSA) is 67.3 Å². The molecule has 2 aliphatic heterocycles. The molecule has 1 amide bonds. The molecule has 2 aromatic rings. The Bertz CT molecular complexity index is 779. The Balaban J connectivity index is 1.78. The molecular weight excluding hydrogens is 296 g/mol. The van der Waals surface area contributed by atoms with Crippen LogP contribution in [0.3, 0.4) is 0 Å². The summed E-state index contributed by atoms with van der Waals surface area (Å²) >= 11 is 1.45. The van der Waals surface area contributed by atoms with Crippen molar-refractivity contribution in [2.75, 3.05) is 16.4 Å². The first-order valence-corrected chi connectivity index (χ1v) is 9.05. The minimum Gasteiger partial charge on any atom is -0.284 e. The van der Waals surface area contributed by atoms with E-state index in [2.05, 4.69) is 4.98 Å². The Kier molecular flexibility index (Phi) is 2.47. The number of benzene rings is 1. The zero-order valence-electron chi connectivity index (χ0n) is 10.5. The highest BCUT2D eigenvalue weighted by molar-refractivity contribution is 7.91. The van der Waals surface area contributed by atoms with E-state index in [9.17, 15) is 13.2 Å². The van der Waals surface area contributed by atoms with E-state index < -0.39 is 9.84 Å². The van der Waals surface area contributed by atoms with E-state index >= 15 is 0 Å². The van der Waals surface area contributed by atoms with Gasteiger partial charge in [-0.3, -0.25) is 9.69 Å². The fourth-order valence-corrected chi connectivity index (χ4v) is 6.21. The number of thiazole rings is 1. The van der Waals surface area contributed by atoms with E-state index in [1.165, 1.54) is 11.3 Å². The van der Waals surface area contributed by atoms with Crippen LogP contribution in [0.15, 0.2) is 24.3 Å². The van der Waals surface area contributed by atoms with Gasteiger partial charge in [0, 0.05) is 12.3 Å². The van der Waals surface area contributed by atoms with Crippen LogP contribution in [0.2, 0.25) is 0 Å². The molecule has 1 aromatic carbocycles. The van der Waals surface area contributed by atoms with Crippen molar-refractivity contribution in [1.29, 1.82) is 0 Å². The number of carbonyl (C=O) groups excluding carboxylic acids is 1. The predicted molar refractivity (Wildman–Crippen MR) is 77.7 cm³/mol. The second-order valence-corrected chi connectivity index (χ2v) is 8.50. The fourth-order valence-electron chi connectivity index (χ4n) is 3.10. The van der Waals surface area contributed by atoms with Crippen LogP contribution >= 0.6 is 11.3 Å². The van der Waals surface area contributed by atoms with Gasteiger partial charge < -0.3 is 0 Å². The minimum atomic E-state index is -3.02. The first kappa shape index (κ1) is 12.3. The van der Waals surface area contributed by atoms with E-state index in [4.69, 9.17) is 0 Å². The summed E-state index contributed by atoms with van der Waals surface area (Å²) < 4.78 is 24.5. The molecule has 2 aliphatic rings. The highest BCUT2D eigenvalue weighted by Gasteiger charge is 2.50. The molecule has 20 heavy (non-hydrogen) atoms. The number of hydrogen-bond donors (Lipinski definition) is 0. The molecule has 3 heterocycles. The van der Waals surface area contributed by atoms with Gasteiger partial charge in [-0.25, -0.2) is 13.4 Å². The van der Waals surface area contributed by atoms with Crippen LogP contribution in [0.4, 0.5) is 5.13 Å². The normalized spacial score (nSPS) is 28.2. The van der Waals surface area contributed by atoms with Crippen LogP contribution in [0.25, 0.3) is 10.2 Å². The Hall–Kier alpha value is -1.47. The third-order valence-electron chi connectivity index (χ3n) is 3.96. The zero-order valence-corrected chi connectivity index (χ0v) is 12.2. The lowest BCUT2D eigenvalue weighted by Crippen LogP contribution is -2.36. The molecule has 2 saturated heterocycles. The quantitative estimate of drug-likeness (QED) is 0.799. The molecule has 0 radical (unpaired) electrons. The third-order valence-corrected chi connectivity index (χ3v) is 6.78. The second-order valence-electron chi connectivity index (χ2n) is 5.34. The molecule has 7 heteroatoms. The Labute approximate surface area is 120 Å². The number of carbonyl (C=O) groups is 1. The van der Waals surface area contributed by atoms with Gasteiger partial charge in [-0.1, -0.05) is 23.5 Å². The summed E-state index contributed by atoms with van der Waals surface area (Å²) in [5, 5.41) is 0.626. The summed E-state index contributed by atoms with van der Waals surface area (Å²) in [5.74, 6) is 0.123. The van der Waals surface area contributed by atoms with Crippen LogP contribution < -0.4 is 4.90 Å². The average molecular weight is 308 g/mol. The fraction of sp³-hybridized carbons (Fsp3) is 0.385. The van der Waals surface area contributed by atoms with E-state index in [1.54, 1.807) is 4.90 Å². The van der Waals surface area contributed by atoms with E-state index in [0.717, 1.165) is 10.2 Å². The minimum absolute atomic E-state index is 0.00560. The van der Waals surface area contributed by atoms with Gasteiger partial charge in [-0.05, 0) is 12.1 Å². The molecule has 104 valence electrons. The van der Waals surface area contributed by atoms with E-state index in [1.807, 2.05) is 24.3 Å². The number of anilines is 1. The highest BCUT2D eigenvalue weighted by Crippen LogP contribution is 2.39. The second kappa shape index (κ2) is 4.02. The van der Waals surface area contributed by atoms with Crippen LogP contribution in [-0.2, 0) is 14.6 Å². The van der Waals surface area contributed by atoms with E-state index in [0.29, 0.717) is 11.6 Å². The van der Waals surface area contributed by atoms with Gasteiger partial charge in [0.2, 0.25) is 5.91 Å². The number of amides is 1. The van der Waals surface area contributed by atoms with Crippen molar-refractivity contribution in [1.82, 2.24) is 4.98 Å². The Morgan fingerprint density at radius 2 is 2.05 bits per heavy atom. The van der Waals surface area contributed by atoms with Crippen LogP contribution in [-0.4, -0.2) is 36.9 Å². The van der Waals surface area contributed by atoms with Gasteiger partial charge in [0.25, 0.3) is 0 Å². The molecule has 0 unspecified atom stereocenters. The molecule has 0 N–H and O–H groups in total. The lowest BCUT2D eigenvalue weighted by Gasteiger charge is -2.19. The van der Waals surface area contributed by atoms with Gasteiger partial charge in [-0.2, -0.15) is 0 Å². The first-order chi connectivity index (χ1) is 9.53. The number of fused-ring (bicyclic) bond motifs is 2. The summed E-state index contributed by atoms with van der Waals surface area (Å²) in [6.07, 6.45) is 0.319. The van der Waals surface area contributed by atoms with Gasteiger partial charge >= 0.3 is 0 Å². The van der Waals surface area contributed by atoms with Crippen molar-refractivity contribution in [3.63, 3.8) is 0 Å². The lowest BCUT2D eigenvalue weighted by molar-refractivity contribution is -0.117. The van der Waals surface area contributed by atoms with Crippen molar-refractivity contribution in [2.45, 2.75) is 12.5 Å². The van der Waals surface area contributed by atoms with Gasteiger partial charge in [0.15, 0.2) is 15.0 Å². The van der Waals surface area contributed by atoms with Crippen molar-refractivity contribution in [2.24, 2.45) is 5.92 Å². The van der Waals surface area contributed by atoms with Crippen LogP contribution in [0.1, 0.15) is 6.42 Å². The molecular formula is C13H12N2O3S2. The van der Waals surface area contributed by atoms with Crippen LogP contribution in [0, 0.1) is 5.92 Å². The number of sulfone groups is 1. The first-order valence-electron chi connectivity index (χ1n) is 6.41. The smallest absolute Gasteiger partial charge is 0.229 e. The molecule has 0 aliphatic carbocycles. The summed E-state index contributed by atoms with van der Waals surface area (Å²) in [6.45, 7) is 0. The molecule has 0 saturated carbocycles. The average Bonchev–Trinajstić information content (AvgIpc) is 2.97. The zero-order chi connectivity index (χ0) is 13.9. The highest BCUT2D eigenvalue weighted by atomic mass is 32.2. The molecule has 0 bridgehead atoms.